The lowest BCUT2D eigenvalue weighted by Gasteiger charge is -2.31. The number of hydrogen-bond acceptors (Lipinski definition) is 8. The Morgan fingerprint density at radius 2 is 1.95 bits per heavy atom. The molecule has 1 aliphatic carbocycles. The molecule has 0 unspecified atom stereocenters. The van der Waals surface area contributed by atoms with Crippen molar-refractivity contribution in [3.05, 3.63) is 41.6 Å². The standard InChI is InChI=1S/C31H37N7O5S/c1-17-14-36(44(40,41)16-43-17)26-9-6-20-10-25(35(30(20)34-26)15-19-4-5-19)29-18(2)37-27(33-29)11-21(12-28(37)42-3)31(39)38-22-7-8-24(38)23(32)13-22/h6,9-12,17,19,22-24H,4-5,7-8,13-16,32H2,1-3H3/t17-,22+,23-,24-/m1/s1. The van der Waals surface area contributed by atoms with Gasteiger partial charge in [-0.2, -0.15) is 0 Å². The van der Waals surface area contributed by atoms with Crippen molar-refractivity contribution in [2.45, 2.75) is 76.7 Å². The van der Waals surface area contributed by atoms with E-state index in [9.17, 15) is 13.2 Å². The minimum absolute atomic E-state index is 0.0258. The van der Waals surface area contributed by atoms with Gasteiger partial charge in [0, 0.05) is 41.7 Å². The van der Waals surface area contributed by atoms with Gasteiger partial charge in [0.2, 0.25) is 0 Å². The van der Waals surface area contributed by atoms with Gasteiger partial charge in [-0.1, -0.05) is 0 Å². The molecule has 4 aliphatic rings. The molecule has 232 valence electrons. The second-order valence-corrected chi connectivity index (χ2v) is 14.7. The molecule has 3 aliphatic heterocycles. The lowest BCUT2D eigenvalue weighted by molar-refractivity contribution is 0.0726. The van der Waals surface area contributed by atoms with Gasteiger partial charge in [-0.3, -0.25) is 9.20 Å². The van der Waals surface area contributed by atoms with Gasteiger partial charge in [-0.15, -0.1) is 0 Å². The van der Waals surface area contributed by atoms with Gasteiger partial charge < -0.3 is 24.7 Å². The van der Waals surface area contributed by atoms with Gasteiger partial charge in [0.25, 0.3) is 15.9 Å². The van der Waals surface area contributed by atoms with Crippen LogP contribution in [0.2, 0.25) is 0 Å². The van der Waals surface area contributed by atoms with Crippen molar-refractivity contribution in [1.29, 1.82) is 0 Å². The first-order valence-corrected chi connectivity index (χ1v) is 17.0. The second kappa shape index (κ2) is 9.91. The fourth-order valence-electron chi connectivity index (χ4n) is 7.39. The van der Waals surface area contributed by atoms with Crippen LogP contribution in [0, 0.1) is 12.8 Å². The molecule has 0 aromatic carbocycles. The van der Waals surface area contributed by atoms with Gasteiger partial charge in [-0.05, 0) is 76.1 Å². The summed E-state index contributed by atoms with van der Waals surface area (Å²) in [4.78, 5) is 25.7. The number of sulfonamides is 1. The summed E-state index contributed by atoms with van der Waals surface area (Å²) in [6.45, 7) is 4.83. The Labute approximate surface area is 255 Å². The molecule has 2 N–H and O–H groups in total. The lowest BCUT2D eigenvalue weighted by Crippen LogP contribution is -2.45. The first kappa shape index (κ1) is 27.8. The van der Waals surface area contributed by atoms with E-state index in [1.807, 2.05) is 35.3 Å². The Morgan fingerprint density at radius 3 is 2.66 bits per heavy atom. The number of anilines is 1. The number of fused-ring (bicyclic) bond motifs is 4. The zero-order valence-corrected chi connectivity index (χ0v) is 26.0. The molecule has 13 heteroatoms. The van der Waals surface area contributed by atoms with E-state index in [0.29, 0.717) is 28.8 Å². The van der Waals surface area contributed by atoms with Crippen molar-refractivity contribution in [2.24, 2.45) is 11.7 Å². The number of pyridine rings is 2. The summed E-state index contributed by atoms with van der Waals surface area (Å²) >= 11 is 0. The van der Waals surface area contributed by atoms with E-state index in [1.54, 1.807) is 19.2 Å². The maximum absolute atomic E-state index is 13.8. The average Bonchev–Trinajstić information content (AvgIpc) is 3.32. The Bertz CT molecular complexity index is 1930. The zero-order valence-electron chi connectivity index (χ0n) is 25.1. The number of nitrogens with zero attached hydrogens (tertiary/aromatic N) is 6. The quantitative estimate of drug-likeness (QED) is 0.347. The topological polar surface area (TPSA) is 137 Å². The molecule has 12 nitrogen and oxygen atoms in total. The van der Waals surface area contributed by atoms with Gasteiger partial charge >= 0.3 is 0 Å². The molecular formula is C31H37N7O5S. The van der Waals surface area contributed by atoms with Crippen LogP contribution in [0.15, 0.2) is 30.3 Å². The average molecular weight is 620 g/mol. The first-order valence-electron chi connectivity index (χ1n) is 15.4. The lowest BCUT2D eigenvalue weighted by atomic mass is 9.97. The minimum atomic E-state index is -3.63. The molecule has 3 saturated heterocycles. The van der Waals surface area contributed by atoms with E-state index in [0.717, 1.165) is 66.8 Å². The SMILES string of the molecule is COc1cc(C(=O)N2[C@H]3CC[C@@H]2[C@H](N)C3)cc2nc(-c3cc4ccc(N5C[C@@H](C)OCS5(=O)=O)nc4n3CC3CC3)c(C)n12. The molecule has 4 atom stereocenters. The molecule has 7 heterocycles. The highest BCUT2D eigenvalue weighted by molar-refractivity contribution is 7.92. The monoisotopic (exact) mass is 619 g/mol. The van der Waals surface area contributed by atoms with Crippen molar-refractivity contribution >= 4 is 38.4 Å². The van der Waals surface area contributed by atoms with Crippen molar-refractivity contribution in [1.82, 2.24) is 23.8 Å². The van der Waals surface area contributed by atoms with Crippen LogP contribution in [0.1, 0.15) is 55.1 Å². The summed E-state index contributed by atoms with van der Waals surface area (Å²) in [7, 11) is -2.03. The van der Waals surface area contributed by atoms with Crippen molar-refractivity contribution in [2.75, 3.05) is 23.9 Å². The number of methoxy groups -OCH3 is 1. The van der Waals surface area contributed by atoms with Gasteiger partial charge in [0.05, 0.1) is 31.1 Å². The van der Waals surface area contributed by atoms with Crippen LogP contribution in [0.25, 0.3) is 28.1 Å². The van der Waals surface area contributed by atoms with Crippen LogP contribution in [0.3, 0.4) is 0 Å². The Morgan fingerprint density at radius 1 is 1.14 bits per heavy atom. The number of carbonyl (C=O) groups is 1. The molecule has 0 spiro atoms. The van der Waals surface area contributed by atoms with Gasteiger partial charge in [0.1, 0.15) is 22.8 Å². The molecule has 44 heavy (non-hydrogen) atoms. The van der Waals surface area contributed by atoms with Crippen molar-refractivity contribution < 1.29 is 22.7 Å². The molecule has 4 aromatic rings. The van der Waals surface area contributed by atoms with E-state index < -0.39 is 10.0 Å². The molecular weight excluding hydrogens is 582 g/mol. The number of imidazole rings is 1. The summed E-state index contributed by atoms with van der Waals surface area (Å²) in [5, 5.41) is 0.906. The third-order valence-corrected chi connectivity index (χ3v) is 11.3. The first-order chi connectivity index (χ1) is 21.1. The zero-order chi connectivity index (χ0) is 30.5. The third-order valence-electron chi connectivity index (χ3n) is 9.82. The van der Waals surface area contributed by atoms with E-state index in [4.69, 9.17) is 25.2 Å². The number of nitrogens with two attached hydrogens (primary N) is 1. The highest BCUT2D eigenvalue weighted by Crippen LogP contribution is 2.40. The Balaban J connectivity index is 1.24. The van der Waals surface area contributed by atoms with Crippen LogP contribution in [-0.2, 0) is 21.3 Å². The normalized spacial score (nSPS) is 26.3. The highest BCUT2D eigenvalue weighted by Gasteiger charge is 2.47. The largest absolute Gasteiger partial charge is 0.482 e. The molecule has 2 bridgehead atoms. The molecule has 8 rings (SSSR count). The van der Waals surface area contributed by atoms with Gasteiger partial charge in [0.15, 0.2) is 11.8 Å². The van der Waals surface area contributed by atoms with E-state index in [1.165, 1.54) is 4.31 Å². The Hall–Kier alpha value is -3.68. The second-order valence-electron chi connectivity index (χ2n) is 12.8. The molecule has 1 amide bonds. The van der Waals surface area contributed by atoms with E-state index >= 15 is 0 Å². The van der Waals surface area contributed by atoms with Crippen LogP contribution < -0.4 is 14.8 Å². The predicted octanol–water partition coefficient (Wildman–Crippen LogP) is 3.29. The summed E-state index contributed by atoms with van der Waals surface area (Å²) in [5.74, 6) is 1.07. The summed E-state index contributed by atoms with van der Waals surface area (Å²) < 4.78 is 42.4. The smallest absolute Gasteiger partial charge is 0.260 e. The number of aryl methyl sites for hydroxylation is 1. The molecule has 4 fully saturated rings. The Kier molecular flexibility index (Phi) is 6.27. The molecule has 0 radical (unpaired) electrons. The van der Waals surface area contributed by atoms with Crippen molar-refractivity contribution in [3.8, 4) is 17.3 Å². The summed E-state index contributed by atoms with van der Waals surface area (Å²) in [6.07, 6.45) is 4.84. The summed E-state index contributed by atoms with van der Waals surface area (Å²) in [6, 6.07) is 9.70. The third kappa shape index (κ3) is 4.31. The number of rotatable bonds is 6. The fraction of sp³-hybridized carbons (Fsp3) is 0.516. The van der Waals surface area contributed by atoms with E-state index in [-0.39, 0.29) is 42.6 Å². The maximum Gasteiger partial charge on any atom is 0.260 e. The van der Waals surface area contributed by atoms with E-state index in [2.05, 4.69) is 10.6 Å². The summed E-state index contributed by atoms with van der Waals surface area (Å²) in [5.41, 5.74) is 10.8. The highest BCUT2D eigenvalue weighted by atomic mass is 32.2. The van der Waals surface area contributed by atoms with Crippen LogP contribution in [0.4, 0.5) is 5.82 Å². The maximum atomic E-state index is 13.8. The van der Waals surface area contributed by atoms with Crippen LogP contribution in [0.5, 0.6) is 5.88 Å². The number of amides is 1. The van der Waals surface area contributed by atoms with Gasteiger partial charge in [-0.25, -0.2) is 22.7 Å². The van der Waals surface area contributed by atoms with Crippen LogP contribution >= 0.6 is 0 Å². The number of ether oxygens (including phenoxy) is 2. The fourth-order valence-corrected chi connectivity index (χ4v) is 8.75. The number of aromatic nitrogens is 4. The number of carbonyl (C=O) groups excluding carboxylic acids is 1. The number of hydrogen-bond donors (Lipinski definition) is 1. The van der Waals surface area contributed by atoms with Crippen LogP contribution in [-0.4, -0.2) is 82.0 Å². The molecule has 4 aromatic heterocycles. The van der Waals surface area contributed by atoms with Crippen molar-refractivity contribution in [3.63, 3.8) is 0 Å². The molecule has 1 saturated carbocycles. The minimum Gasteiger partial charge on any atom is -0.482 e. The predicted molar refractivity (Wildman–Crippen MR) is 165 cm³/mol.